The lowest BCUT2D eigenvalue weighted by Crippen LogP contribution is -2.42. The Hall–Kier alpha value is -3.37. The number of aliphatic carboxylic acids is 1. The van der Waals surface area contributed by atoms with Crippen LogP contribution in [0.1, 0.15) is 15.9 Å². The lowest BCUT2D eigenvalue weighted by Gasteiger charge is -2.17. The molecule has 0 saturated carbocycles. The number of carboxylic acid groups (broad SMARTS) is 1. The van der Waals surface area contributed by atoms with Crippen LogP contribution in [0.2, 0.25) is 5.02 Å². The summed E-state index contributed by atoms with van der Waals surface area (Å²) in [4.78, 5) is 25.1. The van der Waals surface area contributed by atoms with Crippen LogP contribution in [0.4, 0.5) is 0 Å². The van der Waals surface area contributed by atoms with Gasteiger partial charge in [-0.3, -0.25) is 4.79 Å². The summed E-state index contributed by atoms with van der Waals surface area (Å²) in [6.07, 6.45) is 0.143. The minimum Gasteiger partial charge on any atom is -0.480 e. The summed E-state index contributed by atoms with van der Waals surface area (Å²) in [7, 11) is 0. The number of hydrogen-bond acceptors (Lipinski definition) is 2. The third-order valence-electron chi connectivity index (χ3n) is 4.93. The molecule has 0 aliphatic carbocycles. The summed E-state index contributed by atoms with van der Waals surface area (Å²) in [6, 6.07) is 23.2. The molecule has 4 rings (SSSR count). The fraction of sp³-hybridized carbons (Fsp3) is 0.0833. The van der Waals surface area contributed by atoms with Crippen molar-refractivity contribution in [3.8, 4) is 0 Å². The van der Waals surface area contributed by atoms with E-state index in [1.807, 2.05) is 54.6 Å². The van der Waals surface area contributed by atoms with Gasteiger partial charge in [-0.1, -0.05) is 72.3 Å². The monoisotopic (exact) mass is 403 g/mol. The van der Waals surface area contributed by atoms with E-state index in [1.54, 1.807) is 24.3 Å². The van der Waals surface area contributed by atoms with Crippen molar-refractivity contribution in [2.45, 2.75) is 12.5 Å². The van der Waals surface area contributed by atoms with Crippen LogP contribution < -0.4 is 5.32 Å². The SMILES string of the molecule is O=C(N[C@@H](Cc1cccc(Cl)c1)C(=O)O)c1c2ccccc2cc2ccccc12. The summed E-state index contributed by atoms with van der Waals surface area (Å²) in [6.45, 7) is 0. The Morgan fingerprint density at radius 3 is 2.07 bits per heavy atom. The van der Waals surface area contributed by atoms with Gasteiger partial charge in [-0.25, -0.2) is 4.79 Å². The molecule has 144 valence electrons. The topological polar surface area (TPSA) is 66.4 Å². The van der Waals surface area contributed by atoms with E-state index in [0.717, 1.165) is 27.1 Å². The van der Waals surface area contributed by atoms with Gasteiger partial charge in [0.2, 0.25) is 0 Å². The number of carbonyl (C=O) groups excluding carboxylic acids is 1. The Morgan fingerprint density at radius 1 is 0.862 bits per heavy atom. The molecule has 1 amide bonds. The molecule has 5 heteroatoms. The molecule has 0 bridgehead atoms. The number of amides is 1. The Kier molecular flexibility index (Phi) is 5.19. The number of halogens is 1. The Morgan fingerprint density at radius 2 is 1.48 bits per heavy atom. The largest absolute Gasteiger partial charge is 0.480 e. The second kappa shape index (κ2) is 7.94. The van der Waals surface area contributed by atoms with Crippen LogP contribution in [0.25, 0.3) is 21.5 Å². The number of fused-ring (bicyclic) bond motifs is 2. The minimum absolute atomic E-state index is 0.143. The Labute approximate surface area is 172 Å². The third-order valence-corrected chi connectivity index (χ3v) is 5.17. The van der Waals surface area contributed by atoms with Gasteiger partial charge in [-0.2, -0.15) is 0 Å². The maximum atomic E-state index is 13.2. The van der Waals surface area contributed by atoms with Gasteiger partial charge in [-0.15, -0.1) is 0 Å². The number of carboxylic acids is 1. The maximum Gasteiger partial charge on any atom is 0.326 e. The van der Waals surface area contributed by atoms with E-state index in [4.69, 9.17) is 11.6 Å². The first-order valence-electron chi connectivity index (χ1n) is 9.21. The van der Waals surface area contributed by atoms with E-state index in [0.29, 0.717) is 10.6 Å². The van der Waals surface area contributed by atoms with E-state index in [2.05, 4.69) is 5.32 Å². The summed E-state index contributed by atoms with van der Waals surface area (Å²) >= 11 is 6.01. The van der Waals surface area contributed by atoms with Crippen LogP contribution in [0, 0.1) is 0 Å². The van der Waals surface area contributed by atoms with Gasteiger partial charge in [0, 0.05) is 11.4 Å². The van der Waals surface area contributed by atoms with E-state index < -0.39 is 17.9 Å². The quantitative estimate of drug-likeness (QED) is 0.457. The summed E-state index contributed by atoms with van der Waals surface area (Å²) in [5, 5.41) is 16.3. The highest BCUT2D eigenvalue weighted by Gasteiger charge is 2.23. The zero-order valence-corrected chi connectivity index (χ0v) is 16.2. The van der Waals surface area contributed by atoms with Gasteiger partial charge in [0.05, 0.1) is 5.56 Å². The predicted octanol–water partition coefficient (Wildman–Crippen LogP) is 5.07. The van der Waals surface area contributed by atoms with E-state index in [1.165, 1.54) is 0 Å². The number of benzene rings is 4. The van der Waals surface area contributed by atoms with Gasteiger partial charge < -0.3 is 10.4 Å². The van der Waals surface area contributed by atoms with Crippen LogP contribution in [0.5, 0.6) is 0 Å². The smallest absolute Gasteiger partial charge is 0.326 e. The van der Waals surface area contributed by atoms with Crippen LogP contribution >= 0.6 is 11.6 Å². The molecule has 4 nitrogen and oxygen atoms in total. The molecule has 2 N–H and O–H groups in total. The zero-order chi connectivity index (χ0) is 20.4. The van der Waals surface area contributed by atoms with Crippen molar-refractivity contribution in [3.63, 3.8) is 0 Å². The van der Waals surface area contributed by atoms with Crippen LogP contribution in [0.3, 0.4) is 0 Å². The predicted molar refractivity (Wildman–Crippen MR) is 116 cm³/mol. The molecular formula is C24H18ClNO3. The van der Waals surface area contributed by atoms with Crippen molar-refractivity contribution in [3.05, 3.63) is 95.0 Å². The fourth-order valence-corrected chi connectivity index (χ4v) is 3.80. The van der Waals surface area contributed by atoms with Gasteiger partial charge in [-0.05, 0) is 45.3 Å². The van der Waals surface area contributed by atoms with Gasteiger partial charge in [0.25, 0.3) is 5.91 Å². The molecule has 4 aromatic carbocycles. The molecule has 0 aliphatic rings. The summed E-state index contributed by atoms with van der Waals surface area (Å²) < 4.78 is 0. The molecule has 29 heavy (non-hydrogen) atoms. The average Bonchev–Trinajstić information content (AvgIpc) is 2.71. The Balaban J connectivity index is 1.74. The molecule has 1 atom stereocenters. The first-order valence-corrected chi connectivity index (χ1v) is 9.59. The van der Waals surface area contributed by atoms with Gasteiger partial charge in [0.1, 0.15) is 6.04 Å². The number of nitrogens with one attached hydrogen (secondary N) is 1. The van der Waals surface area contributed by atoms with Gasteiger partial charge in [0.15, 0.2) is 0 Å². The third kappa shape index (κ3) is 3.93. The van der Waals surface area contributed by atoms with Crippen molar-refractivity contribution in [2.24, 2.45) is 0 Å². The van der Waals surface area contributed by atoms with Crippen LogP contribution in [0.15, 0.2) is 78.9 Å². The average molecular weight is 404 g/mol. The minimum atomic E-state index is -1.09. The first kappa shape index (κ1) is 19.0. The highest BCUT2D eigenvalue weighted by atomic mass is 35.5. The lowest BCUT2D eigenvalue weighted by atomic mass is 9.96. The first-order chi connectivity index (χ1) is 14.0. The molecule has 0 spiro atoms. The number of hydrogen-bond donors (Lipinski definition) is 2. The highest BCUT2D eigenvalue weighted by Crippen LogP contribution is 2.28. The van der Waals surface area contributed by atoms with Crippen molar-refractivity contribution >= 4 is 45.0 Å². The van der Waals surface area contributed by atoms with E-state index >= 15 is 0 Å². The van der Waals surface area contributed by atoms with Crippen molar-refractivity contribution < 1.29 is 14.7 Å². The van der Waals surface area contributed by atoms with Crippen LogP contribution in [-0.4, -0.2) is 23.0 Å². The molecule has 0 unspecified atom stereocenters. The van der Waals surface area contributed by atoms with Crippen LogP contribution in [-0.2, 0) is 11.2 Å². The van der Waals surface area contributed by atoms with Crippen molar-refractivity contribution in [1.29, 1.82) is 0 Å². The zero-order valence-electron chi connectivity index (χ0n) is 15.4. The summed E-state index contributed by atoms with van der Waals surface area (Å²) in [5.74, 6) is -1.50. The normalized spacial score (nSPS) is 12.0. The molecule has 0 heterocycles. The van der Waals surface area contributed by atoms with Gasteiger partial charge >= 0.3 is 5.97 Å². The molecule has 0 saturated heterocycles. The molecule has 0 aromatic heterocycles. The number of rotatable bonds is 5. The molecule has 0 fully saturated rings. The van der Waals surface area contributed by atoms with E-state index in [9.17, 15) is 14.7 Å². The lowest BCUT2D eigenvalue weighted by molar-refractivity contribution is -0.139. The molecule has 0 radical (unpaired) electrons. The summed E-state index contributed by atoms with van der Waals surface area (Å²) in [5.41, 5.74) is 1.23. The molecule has 0 aliphatic heterocycles. The molecule has 4 aromatic rings. The standard InChI is InChI=1S/C24H18ClNO3/c25-18-9-5-6-15(12-18)13-21(24(28)29)26-23(27)22-19-10-3-1-7-16(19)14-17-8-2-4-11-20(17)22/h1-12,14,21H,13H2,(H,26,27)(H,28,29)/t21-/m0/s1. The fourth-order valence-electron chi connectivity index (χ4n) is 3.59. The highest BCUT2D eigenvalue weighted by molar-refractivity contribution is 6.30. The van der Waals surface area contributed by atoms with E-state index in [-0.39, 0.29) is 6.42 Å². The second-order valence-corrected chi connectivity index (χ2v) is 7.33. The second-order valence-electron chi connectivity index (χ2n) is 6.89. The molecular weight excluding hydrogens is 386 g/mol. The number of carbonyl (C=O) groups is 2. The van der Waals surface area contributed by atoms with Crippen molar-refractivity contribution in [1.82, 2.24) is 5.32 Å². The Bertz CT molecular complexity index is 1180. The maximum absolute atomic E-state index is 13.2. The van der Waals surface area contributed by atoms with Crippen molar-refractivity contribution in [2.75, 3.05) is 0 Å².